The number of para-hydroxylation sites is 3. The predicted molar refractivity (Wildman–Crippen MR) is 117 cm³/mol. The minimum atomic E-state index is -0.274. The van der Waals surface area contributed by atoms with Gasteiger partial charge in [-0.2, -0.15) is 0 Å². The number of benzene rings is 2. The van der Waals surface area contributed by atoms with Crippen LogP contribution >= 0.6 is 0 Å². The van der Waals surface area contributed by atoms with Gasteiger partial charge in [-0.05, 0) is 54.1 Å². The molecule has 0 aliphatic carbocycles. The van der Waals surface area contributed by atoms with Crippen molar-refractivity contribution in [3.05, 3.63) is 109 Å². The Hall–Kier alpha value is -4.19. The van der Waals surface area contributed by atoms with Gasteiger partial charge in [-0.3, -0.25) is 9.78 Å². The van der Waals surface area contributed by atoms with Gasteiger partial charge in [0.15, 0.2) is 5.75 Å². The van der Waals surface area contributed by atoms with Gasteiger partial charge in [0.2, 0.25) is 0 Å². The van der Waals surface area contributed by atoms with E-state index < -0.39 is 0 Å². The average Bonchev–Trinajstić information content (AvgIpc) is 2.80. The summed E-state index contributed by atoms with van der Waals surface area (Å²) >= 11 is 0. The van der Waals surface area contributed by atoms with Crippen molar-refractivity contribution < 1.29 is 9.53 Å². The number of amides is 1. The number of hydrogen-bond acceptors (Lipinski definition) is 5. The number of hydrogen-bond donors (Lipinski definition) is 2. The first-order valence-electron chi connectivity index (χ1n) is 9.51. The molecule has 2 aromatic carbocycles. The smallest absolute Gasteiger partial charge is 0.259 e. The number of pyridine rings is 2. The van der Waals surface area contributed by atoms with Crippen LogP contribution in [0.5, 0.6) is 11.5 Å². The molecule has 6 heteroatoms. The molecule has 0 bridgehead atoms. The van der Waals surface area contributed by atoms with E-state index >= 15 is 0 Å². The molecule has 2 heterocycles. The summed E-state index contributed by atoms with van der Waals surface area (Å²) in [5.74, 6) is 1.49. The average molecular weight is 396 g/mol. The Labute approximate surface area is 174 Å². The molecule has 6 nitrogen and oxygen atoms in total. The lowest BCUT2D eigenvalue weighted by Crippen LogP contribution is -2.16. The molecule has 0 saturated heterocycles. The van der Waals surface area contributed by atoms with E-state index in [2.05, 4.69) is 20.6 Å². The van der Waals surface area contributed by atoms with Gasteiger partial charge in [-0.1, -0.05) is 30.3 Å². The molecule has 0 spiro atoms. The van der Waals surface area contributed by atoms with E-state index in [1.54, 1.807) is 36.8 Å². The van der Waals surface area contributed by atoms with Crippen molar-refractivity contribution in [1.29, 1.82) is 0 Å². The minimum Gasteiger partial charge on any atom is -0.455 e. The van der Waals surface area contributed by atoms with Crippen molar-refractivity contribution in [1.82, 2.24) is 9.97 Å². The highest BCUT2D eigenvalue weighted by Crippen LogP contribution is 2.29. The number of aromatic nitrogens is 2. The van der Waals surface area contributed by atoms with Crippen LogP contribution in [0, 0.1) is 0 Å². The Morgan fingerprint density at radius 1 is 0.833 bits per heavy atom. The molecule has 1 amide bonds. The fourth-order valence-electron chi connectivity index (χ4n) is 2.88. The molecule has 2 aromatic heterocycles. The monoisotopic (exact) mass is 396 g/mol. The predicted octanol–water partition coefficient (Wildman–Crippen LogP) is 5.13. The molecule has 4 rings (SSSR count). The number of ether oxygens (including phenoxy) is 1. The van der Waals surface area contributed by atoms with Crippen LogP contribution in [0.15, 0.2) is 97.5 Å². The van der Waals surface area contributed by atoms with Crippen LogP contribution in [-0.2, 0) is 6.54 Å². The quantitative estimate of drug-likeness (QED) is 0.453. The summed E-state index contributed by atoms with van der Waals surface area (Å²) in [6, 6.07) is 24.0. The molecule has 0 unspecified atom stereocenters. The maximum Gasteiger partial charge on any atom is 0.259 e. The second kappa shape index (κ2) is 9.34. The van der Waals surface area contributed by atoms with Crippen molar-refractivity contribution in [3.63, 3.8) is 0 Å². The first-order valence-corrected chi connectivity index (χ1v) is 9.51. The first kappa shape index (κ1) is 19.1. The van der Waals surface area contributed by atoms with Gasteiger partial charge >= 0.3 is 0 Å². The van der Waals surface area contributed by atoms with Crippen LogP contribution in [0.2, 0.25) is 0 Å². The van der Waals surface area contributed by atoms with Crippen LogP contribution in [-0.4, -0.2) is 15.9 Å². The Morgan fingerprint density at radius 2 is 1.60 bits per heavy atom. The molecule has 148 valence electrons. The first-order chi connectivity index (χ1) is 14.8. The van der Waals surface area contributed by atoms with E-state index in [4.69, 9.17) is 4.74 Å². The van der Waals surface area contributed by atoms with Crippen molar-refractivity contribution >= 4 is 17.4 Å². The van der Waals surface area contributed by atoms with E-state index in [0.29, 0.717) is 35.1 Å². The van der Waals surface area contributed by atoms with Crippen LogP contribution < -0.4 is 15.4 Å². The Bertz CT molecular complexity index is 1120. The van der Waals surface area contributed by atoms with Crippen molar-refractivity contribution in [3.8, 4) is 11.5 Å². The summed E-state index contributed by atoms with van der Waals surface area (Å²) < 4.78 is 5.93. The summed E-state index contributed by atoms with van der Waals surface area (Å²) in [6.07, 6.45) is 5.11. The number of carbonyl (C=O) groups is 1. The number of nitrogens with one attached hydrogen (secondary N) is 2. The Morgan fingerprint density at radius 3 is 2.43 bits per heavy atom. The lowest BCUT2D eigenvalue weighted by molar-refractivity contribution is 0.102. The van der Waals surface area contributed by atoms with E-state index in [0.717, 1.165) is 5.56 Å². The molecule has 0 saturated carbocycles. The highest BCUT2D eigenvalue weighted by atomic mass is 16.5. The van der Waals surface area contributed by atoms with Gasteiger partial charge in [0.05, 0.1) is 11.3 Å². The SMILES string of the molecule is O=C(Nc1ccccc1Oc1ccccc1)c1cccnc1NCc1ccncc1. The summed E-state index contributed by atoms with van der Waals surface area (Å²) in [6.45, 7) is 0.535. The van der Waals surface area contributed by atoms with Crippen LogP contribution in [0.3, 0.4) is 0 Å². The maximum atomic E-state index is 13.0. The second-order valence-corrected chi connectivity index (χ2v) is 6.47. The van der Waals surface area contributed by atoms with Gasteiger partial charge in [-0.15, -0.1) is 0 Å². The molecule has 0 fully saturated rings. The highest BCUT2D eigenvalue weighted by molar-refractivity contribution is 6.08. The van der Waals surface area contributed by atoms with Gasteiger partial charge in [0.1, 0.15) is 11.6 Å². The van der Waals surface area contributed by atoms with Gasteiger partial charge in [-0.25, -0.2) is 4.98 Å². The van der Waals surface area contributed by atoms with Crippen LogP contribution in [0.1, 0.15) is 15.9 Å². The largest absolute Gasteiger partial charge is 0.455 e. The summed E-state index contributed by atoms with van der Waals surface area (Å²) in [5, 5.41) is 6.15. The lowest BCUT2D eigenvalue weighted by Gasteiger charge is -2.14. The third-order valence-corrected chi connectivity index (χ3v) is 4.37. The van der Waals surface area contributed by atoms with Crippen LogP contribution in [0.25, 0.3) is 0 Å². The van der Waals surface area contributed by atoms with E-state index in [-0.39, 0.29) is 5.91 Å². The molecule has 0 aliphatic heterocycles. The number of anilines is 2. The molecule has 30 heavy (non-hydrogen) atoms. The third kappa shape index (κ3) is 4.80. The summed E-state index contributed by atoms with van der Waals surface area (Å²) in [4.78, 5) is 21.3. The molecule has 0 atom stereocenters. The standard InChI is InChI=1S/C24H20N4O2/c29-24(20-9-6-14-26-23(20)27-17-18-12-15-25-16-13-18)28-21-10-4-5-11-22(21)30-19-7-2-1-3-8-19/h1-16H,17H2,(H,26,27)(H,28,29). The summed E-state index contributed by atoms with van der Waals surface area (Å²) in [5.41, 5.74) is 2.07. The molecule has 4 aromatic rings. The van der Waals surface area contributed by atoms with E-state index in [1.807, 2.05) is 60.7 Å². The number of carbonyl (C=O) groups excluding carboxylic acids is 1. The van der Waals surface area contributed by atoms with Crippen LogP contribution in [0.4, 0.5) is 11.5 Å². The number of rotatable bonds is 7. The van der Waals surface area contributed by atoms with Crippen molar-refractivity contribution in [2.45, 2.75) is 6.54 Å². The van der Waals surface area contributed by atoms with E-state index in [9.17, 15) is 4.79 Å². The third-order valence-electron chi connectivity index (χ3n) is 4.37. The molecule has 0 radical (unpaired) electrons. The lowest BCUT2D eigenvalue weighted by atomic mass is 10.2. The zero-order valence-corrected chi connectivity index (χ0v) is 16.2. The van der Waals surface area contributed by atoms with Crippen molar-refractivity contribution in [2.75, 3.05) is 10.6 Å². The fourth-order valence-corrected chi connectivity index (χ4v) is 2.88. The Kier molecular flexibility index (Phi) is 5.96. The maximum absolute atomic E-state index is 13.0. The van der Waals surface area contributed by atoms with Gasteiger partial charge in [0.25, 0.3) is 5.91 Å². The molecular formula is C24H20N4O2. The molecular weight excluding hydrogens is 376 g/mol. The second-order valence-electron chi connectivity index (χ2n) is 6.47. The zero-order chi connectivity index (χ0) is 20.6. The fraction of sp³-hybridized carbons (Fsp3) is 0.0417. The van der Waals surface area contributed by atoms with Gasteiger partial charge in [0, 0.05) is 25.1 Å². The van der Waals surface area contributed by atoms with E-state index in [1.165, 1.54) is 0 Å². The highest BCUT2D eigenvalue weighted by Gasteiger charge is 2.15. The molecule has 0 aliphatic rings. The Balaban J connectivity index is 1.51. The zero-order valence-electron chi connectivity index (χ0n) is 16.2. The topological polar surface area (TPSA) is 76.1 Å². The van der Waals surface area contributed by atoms with Crippen molar-refractivity contribution in [2.24, 2.45) is 0 Å². The normalized spacial score (nSPS) is 10.3. The summed E-state index contributed by atoms with van der Waals surface area (Å²) in [7, 11) is 0. The number of nitrogens with zero attached hydrogens (tertiary/aromatic N) is 2. The minimum absolute atomic E-state index is 0.274. The molecule has 2 N–H and O–H groups in total. The van der Waals surface area contributed by atoms with Gasteiger partial charge < -0.3 is 15.4 Å².